The monoisotopic (exact) mass is 234 g/mol. The van der Waals surface area contributed by atoms with Crippen LogP contribution in [0.4, 0.5) is 5.69 Å². The number of hydrogen-bond acceptors (Lipinski definition) is 4. The van der Waals surface area contributed by atoms with E-state index in [0.717, 1.165) is 12.0 Å². The van der Waals surface area contributed by atoms with Crippen LogP contribution in [0.15, 0.2) is 24.3 Å². The quantitative estimate of drug-likeness (QED) is 0.787. The van der Waals surface area contributed by atoms with Crippen molar-refractivity contribution in [2.24, 2.45) is 0 Å². The summed E-state index contributed by atoms with van der Waals surface area (Å²) >= 11 is 0. The molecule has 1 aromatic rings. The number of carbonyl (C=O) groups excluding carboxylic acids is 2. The van der Waals surface area contributed by atoms with Gasteiger partial charge in [-0.3, -0.25) is 4.79 Å². The van der Waals surface area contributed by atoms with Gasteiger partial charge in [0.2, 0.25) is 5.91 Å². The van der Waals surface area contributed by atoms with Crippen molar-refractivity contribution in [1.29, 1.82) is 0 Å². The van der Waals surface area contributed by atoms with Gasteiger partial charge in [0.25, 0.3) is 0 Å². The third-order valence-corrected chi connectivity index (χ3v) is 2.70. The van der Waals surface area contributed by atoms with Crippen molar-refractivity contribution in [2.45, 2.75) is 12.8 Å². The summed E-state index contributed by atoms with van der Waals surface area (Å²) < 4.78 is 0. The van der Waals surface area contributed by atoms with E-state index >= 15 is 0 Å². The maximum absolute atomic E-state index is 11.8. The number of carbonyl (C=O) groups is 2. The third kappa shape index (κ3) is 2.45. The molecule has 1 aliphatic heterocycles. The molecule has 1 aromatic carbocycles. The minimum absolute atomic E-state index is 0.0154. The number of phenols is 1. The molecule has 90 valence electrons. The number of amides is 1. The van der Waals surface area contributed by atoms with Crippen molar-refractivity contribution >= 4 is 17.9 Å². The van der Waals surface area contributed by atoms with Crippen molar-refractivity contribution in [3.05, 3.63) is 24.3 Å². The Balaban J connectivity index is 2.18. The molecule has 1 saturated heterocycles. The molecule has 1 N–H and O–H groups in total. The van der Waals surface area contributed by atoms with Gasteiger partial charge in [-0.05, 0) is 24.3 Å². The van der Waals surface area contributed by atoms with Crippen LogP contribution in [-0.4, -0.2) is 35.4 Å². The second-order valence-electron chi connectivity index (χ2n) is 3.88. The minimum Gasteiger partial charge on any atom is -0.508 e. The van der Waals surface area contributed by atoms with Crippen LogP contribution in [0.2, 0.25) is 0 Å². The molecule has 0 radical (unpaired) electrons. The average molecular weight is 234 g/mol. The van der Waals surface area contributed by atoms with E-state index in [1.54, 1.807) is 29.3 Å². The molecule has 1 fully saturated rings. The number of anilines is 1. The Kier molecular flexibility index (Phi) is 3.39. The fraction of sp³-hybridized carbons (Fsp3) is 0.333. The zero-order valence-corrected chi connectivity index (χ0v) is 9.37. The molecule has 0 spiro atoms. The highest BCUT2D eigenvalue weighted by molar-refractivity contribution is 5.94. The van der Waals surface area contributed by atoms with Crippen molar-refractivity contribution in [2.75, 3.05) is 18.1 Å². The van der Waals surface area contributed by atoms with Gasteiger partial charge in [-0.1, -0.05) is 0 Å². The number of nitrogens with zero attached hydrogens (tertiary/aromatic N) is 2. The van der Waals surface area contributed by atoms with E-state index < -0.39 is 0 Å². The Hall–Kier alpha value is -1.88. The van der Waals surface area contributed by atoms with E-state index in [0.29, 0.717) is 25.9 Å². The number of hydrogen-bond donors (Lipinski definition) is 1. The van der Waals surface area contributed by atoms with Crippen LogP contribution in [-0.2, 0) is 9.59 Å². The lowest BCUT2D eigenvalue weighted by atomic mass is 10.3. The average Bonchev–Trinajstić information content (AvgIpc) is 2.69. The number of phenolic OH excluding ortho intramolecular Hbond substituents is 1. The van der Waals surface area contributed by atoms with Gasteiger partial charge in [0.05, 0.1) is 5.69 Å². The number of hydrazine groups is 1. The van der Waals surface area contributed by atoms with Gasteiger partial charge in [-0.25, -0.2) is 10.0 Å². The largest absolute Gasteiger partial charge is 0.508 e. The van der Waals surface area contributed by atoms with Crippen LogP contribution < -0.4 is 5.01 Å². The van der Waals surface area contributed by atoms with E-state index in [4.69, 9.17) is 0 Å². The Labute approximate surface area is 99.2 Å². The van der Waals surface area contributed by atoms with Crippen LogP contribution in [0, 0.1) is 0 Å². The van der Waals surface area contributed by atoms with E-state index in [-0.39, 0.29) is 11.7 Å². The van der Waals surface area contributed by atoms with Crippen molar-refractivity contribution in [3.63, 3.8) is 0 Å². The van der Waals surface area contributed by atoms with Crippen molar-refractivity contribution in [1.82, 2.24) is 5.01 Å². The highest BCUT2D eigenvalue weighted by Gasteiger charge is 2.29. The Morgan fingerprint density at radius 2 is 2.00 bits per heavy atom. The summed E-state index contributed by atoms with van der Waals surface area (Å²) in [6.07, 6.45) is 1.71. The minimum atomic E-state index is 0.0154. The van der Waals surface area contributed by atoms with Gasteiger partial charge in [-0.15, -0.1) is 0 Å². The van der Waals surface area contributed by atoms with Crippen LogP contribution in [0.5, 0.6) is 5.75 Å². The van der Waals surface area contributed by atoms with Crippen LogP contribution >= 0.6 is 0 Å². The lowest BCUT2D eigenvalue weighted by molar-refractivity contribution is -0.118. The molecule has 1 amide bonds. The first-order valence-corrected chi connectivity index (χ1v) is 5.53. The highest BCUT2D eigenvalue weighted by atomic mass is 16.3. The predicted molar refractivity (Wildman–Crippen MR) is 62.5 cm³/mol. The second-order valence-corrected chi connectivity index (χ2v) is 3.88. The molecular weight excluding hydrogens is 220 g/mol. The molecule has 1 heterocycles. The molecule has 0 aromatic heterocycles. The fourth-order valence-corrected chi connectivity index (χ4v) is 1.90. The van der Waals surface area contributed by atoms with Crippen LogP contribution in [0.25, 0.3) is 0 Å². The van der Waals surface area contributed by atoms with E-state index in [1.807, 2.05) is 5.01 Å². The van der Waals surface area contributed by atoms with E-state index in [2.05, 4.69) is 0 Å². The van der Waals surface area contributed by atoms with Gasteiger partial charge in [0, 0.05) is 25.9 Å². The molecule has 1 aliphatic rings. The standard InChI is InChI=1S/C12H14N2O3/c15-9-1-7-13-8-6-12(17)14(13)10-2-4-11(16)5-3-10/h2-5,9,16H,1,6-8H2. The SMILES string of the molecule is O=CCCN1CCC(=O)N1c1ccc(O)cc1. The lowest BCUT2D eigenvalue weighted by Crippen LogP contribution is -2.39. The summed E-state index contributed by atoms with van der Waals surface area (Å²) in [6, 6.07) is 6.45. The predicted octanol–water partition coefficient (Wildman–Crippen LogP) is 0.935. The third-order valence-electron chi connectivity index (χ3n) is 2.70. The van der Waals surface area contributed by atoms with Gasteiger partial charge in [0.15, 0.2) is 0 Å². The lowest BCUT2D eigenvalue weighted by Gasteiger charge is -2.27. The first-order chi connectivity index (χ1) is 8.22. The van der Waals surface area contributed by atoms with Crippen LogP contribution in [0.1, 0.15) is 12.8 Å². The molecule has 0 atom stereocenters. The molecule has 5 nitrogen and oxygen atoms in total. The summed E-state index contributed by atoms with van der Waals surface area (Å²) in [5, 5.41) is 12.6. The van der Waals surface area contributed by atoms with Crippen molar-refractivity contribution < 1.29 is 14.7 Å². The first kappa shape index (κ1) is 11.6. The summed E-state index contributed by atoms with van der Waals surface area (Å²) in [5.41, 5.74) is 0.719. The molecule has 5 heteroatoms. The Morgan fingerprint density at radius 1 is 1.29 bits per heavy atom. The molecular formula is C12H14N2O3. The second kappa shape index (κ2) is 4.97. The smallest absolute Gasteiger partial charge is 0.242 e. The summed E-state index contributed by atoms with van der Waals surface area (Å²) in [5.74, 6) is 0.182. The molecule has 0 aliphatic carbocycles. The summed E-state index contributed by atoms with van der Waals surface area (Å²) in [4.78, 5) is 22.1. The fourth-order valence-electron chi connectivity index (χ4n) is 1.90. The van der Waals surface area contributed by atoms with Gasteiger partial charge < -0.3 is 9.90 Å². The Bertz CT molecular complexity index is 416. The maximum atomic E-state index is 11.8. The first-order valence-electron chi connectivity index (χ1n) is 5.53. The Morgan fingerprint density at radius 3 is 2.65 bits per heavy atom. The summed E-state index contributed by atoms with van der Waals surface area (Å²) in [6.45, 7) is 1.17. The van der Waals surface area contributed by atoms with Gasteiger partial charge in [0.1, 0.15) is 12.0 Å². The zero-order valence-electron chi connectivity index (χ0n) is 9.37. The number of aldehydes is 1. The van der Waals surface area contributed by atoms with Crippen molar-refractivity contribution in [3.8, 4) is 5.75 Å². The van der Waals surface area contributed by atoms with E-state index in [9.17, 15) is 14.7 Å². The molecule has 17 heavy (non-hydrogen) atoms. The molecule has 0 bridgehead atoms. The molecule has 0 unspecified atom stereocenters. The number of aromatic hydroxyl groups is 1. The van der Waals surface area contributed by atoms with Crippen LogP contribution in [0.3, 0.4) is 0 Å². The number of rotatable bonds is 4. The van der Waals surface area contributed by atoms with Gasteiger partial charge in [-0.2, -0.15) is 0 Å². The highest BCUT2D eigenvalue weighted by Crippen LogP contribution is 2.24. The maximum Gasteiger partial charge on any atom is 0.242 e. The number of benzene rings is 1. The summed E-state index contributed by atoms with van der Waals surface area (Å²) in [7, 11) is 0. The van der Waals surface area contributed by atoms with Gasteiger partial charge >= 0.3 is 0 Å². The van der Waals surface area contributed by atoms with E-state index in [1.165, 1.54) is 0 Å². The topological polar surface area (TPSA) is 60.9 Å². The zero-order chi connectivity index (χ0) is 12.3. The normalized spacial score (nSPS) is 16.5. The molecule has 0 saturated carbocycles. The molecule has 2 rings (SSSR count).